The molecule has 7 nitrogen and oxygen atoms in total. The molecule has 1 heterocycles. The van der Waals surface area contributed by atoms with E-state index < -0.39 is 11.8 Å². The maximum atomic E-state index is 13.2. The Bertz CT molecular complexity index is 1620. The summed E-state index contributed by atoms with van der Waals surface area (Å²) < 4.78 is 5.77. The molecule has 2 N–H and O–H groups in total. The summed E-state index contributed by atoms with van der Waals surface area (Å²) in [7, 11) is 0. The van der Waals surface area contributed by atoms with Crippen LogP contribution in [0, 0.1) is 6.92 Å². The third kappa shape index (κ3) is 5.65. The second-order valence-electron chi connectivity index (χ2n) is 8.66. The van der Waals surface area contributed by atoms with Gasteiger partial charge in [-0.1, -0.05) is 47.5 Å². The molecule has 194 valence electrons. The molecular formula is C30H21Cl2N3O4. The van der Waals surface area contributed by atoms with Gasteiger partial charge in [-0.05, 0) is 85.3 Å². The van der Waals surface area contributed by atoms with Crippen molar-refractivity contribution in [3.63, 3.8) is 0 Å². The highest BCUT2D eigenvalue weighted by molar-refractivity contribution is 6.53. The molecular weight excluding hydrogens is 537 g/mol. The Morgan fingerprint density at radius 3 is 2.23 bits per heavy atom. The number of rotatable bonds is 7. The lowest BCUT2D eigenvalue weighted by molar-refractivity contribution is -0.120. The number of para-hydroxylation sites is 1. The van der Waals surface area contributed by atoms with Gasteiger partial charge >= 0.3 is 0 Å². The monoisotopic (exact) mass is 557 g/mol. The average molecular weight is 558 g/mol. The largest absolute Gasteiger partial charge is 0.457 e. The van der Waals surface area contributed by atoms with E-state index in [1.807, 2.05) is 37.3 Å². The number of ether oxygens (including phenoxy) is 1. The summed E-state index contributed by atoms with van der Waals surface area (Å²) in [6.07, 6.45) is 0. The van der Waals surface area contributed by atoms with Crippen LogP contribution in [0.5, 0.6) is 11.5 Å². The van der Waals surface area contributed by atoms with Gasteiger partial charge in [0.05, 0.1) is 5.69 Å². The van der Waals surface area contributed by atoms with Gasteiger partial charge in [0.25, 0.3) is 17.7 Å². The van der Waals surface area contributed by atoms with E-state index in [4.69, 9.17) is 27.9 Å². The topological polar surface area (TPSA) is 87.7 Å². The summed E-state index contributed by atoms with van der Waals surface area (Å²) in [5.74, 6) is -0.418. The van der Waals surface area contributed by atoms with E-state index in [0.717, 1.165) is 10.5 Å². The molecule has 0 spiro atoms. The summed E-state index contributed by atoms with van der Waals surface area (Å²) in [6.45, 7) is 1.84. The van der Waals surface area contributed by atoms with Crippen molar-refractivity contribution < 1.29 is 19.1 Å². The van der Waals surface area contributed by atoms with Gasteiger partial charge in [0.2, 0.25) is 0 Å². The fourth-order valence-electron chi connectivity index (χ4n) is 3.98. The minimum absolute atomic E-state index is 0.0858. The number of hydrogen-bond acceptors (Lipinski definition) is 5. The van der Waals surface area contributed by atoms with Crippen LogP contribution in [-0.2, 0) is 9.59 Å². The highest BCUT2D eigenvalue weighted by Crippen LogP contribution is 2.32. The Balaban J connectivity index is 1.30. The van der Waals surface area contributed by atoms with Crippen LogP contribution in [-0.4, -0.2) is 17.7 Å². The van der Waals surface area contributed by atoms with Crippen LogP contribution >= 0.6 is 23.2 Å². The van der Waals surface area contributed by atoms with Crippen molar-refractivity contribution in [1.29, 1.82) is 0 Å². The smallest absolute Gasteiger partial charge is 0.283 e. The molecule has 0 bridgehead atoms. The molecule has 0 aromatic heterocycles. The first kappa shape index (κ1) is 26.0. The molecule has 4 aromatic rings. The molecule has 0 saturated carbocycles. The number of anilines is 3. The van der Waals surface area contributed by atoms with Crippen molar-refractivity contribution in [2.45, 2.75) is 6.92 Å². The molecule has 1 aliphatic rings. The normalized spacial score (nSPS) is 13.1. The first-order valence-electron chi connectivity index (χ1n) is 11.9. The van der Waals surface area contributed by atoms with Gasteiger partial charge in [-0.25, -0.2) is 4.90 Å². The number of amides is 3. The Morgan fingerprint density at radius 1 is 0.795 bits per heavy atom. The second-order valence-corrected chi connectivity index (χ2v) is 9.48. The van der Waals surface area contributed by atoms with Gasteiger partial charge in [-0.15, -0.1) is 0 Å². The number of imide groups is 1. The van der Waals surface area contributed by atoms with E-state index in [1.54, 1.807) is 66.7 Å². The quantitative estimate of drug-likeness (QED) is 0.236. The van der Waals surface area contributed by atoms with Crippen LogP contribution in [0.2, 0.25) is 5.02 Å². The number of carbonyl (C=O) groups excluding carboxylic acids is 3. The van der Waals surface area contributed by atoms with E-state index in [-0.39, 0.29) is 16.6 Å². The van der Waals surface area contributed by atoms with Crippen LogP contribution in [0.25, 0.3) is 0 Å². The summed E-state index contributed by atoms with van der Waals surface area (Å²) in [6, 6.07) is 27.4. The van der Waals surface area contributed by atoms with Gasteiger partial charge in [-0.2, -0.15) is 0 Å². The molecule has 3 amide bonds. The lowest BCUT2D eigenvalue weighted by Crippen LogP contribution is -2.32. The number of nitrogens with one attached hydrogen (secondary N) is 2. The fraction of sp³-hybridized carbons (Fsp3) is 0.0333. The number of halogens is 2. The molecule has 0 atom stereocenters. The number of aryl methyl sites for hydroxylation is 1. The van der Waals surface area contributed by atoms with E-state index >= 15 is 0 Å². The third-order valence-electron chi connectivity index (χ3n) is 5.93. The Labute approximate surface area is 234 Å². The number of hydrogen-bond donors (Lipinski definition) is 2. The SMILES string of the molecule is Cc1cc(Cl)ccc1NC(=O)c1cccc(NC2=C(Cl)C(=O)N(c3ccc(Oc4ccccc4)cc3)C2=O)c1. The highest BCUT2D eigenvalue weighted by Gasteiger charge is 2.39. The van der Waals surface area contributed by atoms with E-state index in [0.29, 0.717) is 39.1 Å². The van der Waals surface area contributed by atoms with Crippen molar-refractivity contribution in [2.75, 3.05) is 15.5 Å². The summed E-state index contributed by atoms with van der Waals surface area (Å²) in [5, 5.41) is 6.07. The van der Waals surface area contributed by atoms with Gasteiger partial charge in [0.15, 0.2) is 0 Å². The molecule has 0 aliphatic carbocycles. The van der Waals surface area contributed by atoms with Crippen molar-refractivity contribution >= 4 is 58.0 Å². The molecule has 0 fully saturated rings. The van der Waals surface area contributed by atoms with Crippen LogP contribution < -0.4 is 20.3 Å². The summed E-state index contributed by atoms with van der Waals surface area (Å²) >= 11 is 12.3. The zero-order valence-corrected chi connectivity index (χ0v) is 22.1. The predicted molar refractivity (Wildman–Crippen MR) is 153 cm³/mol. The first-order valence-corrected chi connectivity index (χ1v) is 12.6. The zero-order valence-electron chi connectivity index (χ0n) is 20.6. The Hall–Kier alpha value is -4.59. The summed E-state index contributed by atoms with van der Waals surface area (Å²) in [5.41, 5.74) is 2.45. The molecule has 0 radical (unpaired) electrons. The molecule has 9 heteroatoms. The standard InChI is InChI=1S/C30H21Cl2N3O4/c1-18-16-20(31)10-15-25(18)34-28(36)19-6-5-7-21(17-19)33-27-26(32)29(37)35(30(27)38)22-11-13-24(14-12-22)39-23-8-3-2-4-9-23/h2-17,33H,1H3,(H,34,36). The van der Waals surface area contributed by atoms with Gasteiger partial charge in [0.1, 0.15) is 22.2 Å². The summed E-state index contributed by atoms with van der Waals surface area (Å²) in [4.78, 5) is 39.9. The molecule has 4 aromatic carbocycles. The second kappa shape index (κ2) is 11.0. The van der Waals surface area contributed by atoms with Gasteiger partial charge in [0, 0.05) is 22.0 Å². The number of benzene rings is 4. The lowest BCUT2D eigenvalue weighted by Gasteiger charge is -2.16. The molecule has 39 heavy (non-hydrogen) atoms. The molecule has 0 unspecified atom stereocenters. The number of nitrogens with zero attached hydrogens (tertiary/aromatic N) is 1. The minimum Gasteiger partial charge on any atom is -0.457 e. The van der Waals surface area contributed by atoms with Gasteiger partial charge in [-0.3, -0.25) is 14.4 Å². The predicted octanol–water partition coefficient (Wildman–Crippen LogP) is 7.13. The Kier molecular flexibility index (Phi) is 7.36. The zero-order chi connectivity index (χ0) is 27.5. The van der Waals surface area contributed by atoms with Crippen LogP contribution in [0.4, 0.5) is 17.1 Å². The van der Waals surface area contributed by atoms with Crippen molar-refractivity contribution in [2.24, 2.45) is 0 Å². The first-order chi connectivity index (χ1) is 18.8. The Morgan fingerprint density at radius 2 is 1.51 bits per heavy atom. The lowest BCUT2D eigenvalue weighted by atomic mass is 10.1. The fourth-order valence-corrected chi connectivity index (χ4v) is 4.42. The van der Waals surface area contributed by atoms with Crippen molar-refractivity contribution in [3.05, 3.63) is 124 Å². The molecule has 5 rings (SSSR count). The average Bonchev–Trinajstić information content (AvgIpc) is 3.14. The van der Waals surface area contributed by atoms with Crippen LogP contribution in [0.3, 0.4) is 0 Å². The highest BCUT2D eigenvalue weighted by atomic mass is 35.5. The van der Waals surface area contributed by atoms with Crippen molar-refractivity contribution in [1.82, 2.24) is 0 Å². The van der Waals surface area contributed by atoms with Crippen molar-refractivity contribution in [3.8, 4) is 11.5 Å². The van der Waals surface area contributed by atoms with E-state index in [2.05, 4.69) is 10.6 Å². The maximum Gasteiger partial charge on any atom is 0.283 e. The molecule has 1 aliphatic heterocycles. The van der Waals surface area contributed by atoms with E-state index in [1.165, 1.54) is 0 Å². The number of carbonyl (C=O) groups is 3. The van der Waals surface area contributed by atoms with Crippen LogP contribution in [0.1, 0.15) is 15.9 Å². The van der Waals surface area contributed by atoms with Gasteiger partial charge < -0.3 is 15.4 Å². The third-order valence-corrected chi connectivity index (χ3v) is 6.52. The minimum atomic E-state index is -0.659. The van der Waals surface area contributed by atoms with Crippen LogP contribution in [0.15, 0.2) is 108 Å². The molecule has 0 saturated heterocycles. The maximum absolute atomic E-state index is 13.2. The van der Waals surface area contributed by atoms with E-state index in [9.17, 15) is 14.4 Å².